The molecule has 0 bridgehead atoms. The van der Waals surface area contributed by atoms with Gasteiger partial charge in [0.1, 0.15) is 5.69 Å². The van der Waals surface area contributed by atoms with E-state index in [1.54, 1.807) is 13.1 Å². The highest BCUT2D eigenvalue weighted by Gasteiger charge is 2.55. The minimum Gasteiger partial charge on any atom is -0.375 e. The van der Waals surface area contributed by atoms with Crippen LogP contribution in [0.2, 0.25) is 0 Å². The van der Waals surface area contributed by atoms with Crippen LogP contribution in [0.3, 0.4) is 0 Å². The van der Waals surface area contributed by atoms with Crippen molar-refractivity contribution in [2.24, 2.45) is 5.92 Å². The quantitative estimate of drug-likeness (QED) is 0.880. The smallest absolute Gasteiger partial charge is 0.375 e. The fraction of sp³-hybridized carbons (Fsp3) is 0.588. The molecule has 0 aliphatic heterocycles. The summed E-state index contributed by atoms with van der Waals surface area (Å²) < 4.78 is 46.8. The summed E-state index contributed by atoms with van der Waals surface area (Å²) in [4.78, 5) is 0. The number of fused-ring (bicyclic) bond motifs is 3. The van der Waals surface area contributed by atoms with Crippen LogP contribution in [0.4, 0.5) is 13.2 Å². The lowest BCUT2D eigenvalue weighted by molar-refractivity contribution is -0.261. The molecule has 2 heterocycles. The molecule has 2 aliphatic carbocycles. The Bertz CT molecular complexity index is 900. The number of hydrogen-bond donors (Lipinski definition) is 1. The molecule has 4 rings (SSSR count). The number of rotatable bonds is 2. The molecule has 0 aromatic carbocycles. The highest BCUT2D eigenvalue weighted by atomic mass is 19.4. The molecule has 1 fully saturated rings. The summed E-state index contributed by atoms with van der Waals surface area (Å²) >= 11 is 0. The van der Waals surface area contributed by atoms with Crippen molar-refractivity contribution in [3.63, 3.8) is 0 Å². The Morgan fingerprint density at radius 1 is 1.38 bits per heavy atom. The van der Waals surface area contributed by atoms with Crippen molar-refractivity contribution in [1.82, 2.24) is 14.9 Å². The summed E-state index contributed by atoms with van der Waals surface area (Å²) in [5.74, 6) is -0.0502. The predicted octanol–water partition coefficient (Wildman–Crippen LogP) is 3.44. The normalized spacial score (nSPS) is 27.0. The van der Waals surface area contributed by atoms with E-state index < -0.39 is 17.5 Å². The van der Waals surface area contributed by atoms with E-state index >= 15 is 0 Å². The lowest BCUT2D eigenvalue weighted by atomic mass is 9.79. The van der Waals surface area contributed by atoms with Gasteiger partial charge in [-0.05, 0) is 32.1 Å². The topological polar surface area (TPSA) is 87.9 Å². The number of alkyl halides is 3. The molecule has 2 aromatic heterocycles. The van der Waals surface area contributed by atoms with E-state index in [1.807, 2.05) is 4.68 Å². The minimum atomic E-state index is -4.86. The second kappa shape index (κ2) is 5.33. The van der Waals surface area contributed by atoms with Crippen LogP contribution < -0.4 is 0 Å². The summed E-state index contributed by atoms with van der Waals surface area (Å²) in [5, 5.41) is 26.9. The molecule has 138 valence electrons. The molecular formula is C17H17F3N4O2. The van der Waals surface area contributed by atoms with Crippen LogP contribution in [-0.2, 0) is 12.0 Å². The number of nitrogens with zero attached hydrogens (tertiary/aromatic N) is 4. The van der Waals surface area contributed by atoms with Crippen LogP contribution in [0.25, 0.3) is 11.3 Å². The molecular weight excluding hydrogens is 349 g/mol. The molecule has 1 N–H and O–H groups in total. The highest BCUT2D eigenvalue weighted by Crippen LogP contribution is 2.49. The van der Waals surface area contributed by atoms with Gasteiger partial charge >= 0.3 is 6.18 Å². The van der Waals surface area contributed by atoms with Crippen LogP contribution in [0, 0.1) is 17.2 Å². The molecule has 1 saturated carbocycles. The zero-order valence-electron chi connectivity index (χ0n) is 14.2. The molecule has 9 heteroatoms. The zero-order valence-corrected chi connectivity index (χ0v) is 14.2. The van der Waals surface area contributed by atoms with Crippen LogP contribution in [0.15, 0.2) is 10.7 Å². The highest BCUT2D eigenvalue weighted by molar-refractivity contribution is 5.68. The van der Waals surface area contributed by atoms with E-state index in [4.69, 9.17) is 9.78 Å². The maximum Gasteiger partial charge on any atom is 0.422 e. The van der Waals surface area contributed by atoms with Crippen LogP contribution >= 0.6 is 0 Å². The van der Waals surface area contributed by atoms with E-state index in [0.29, 0.717) is 18.9 Å². The van der Waals surface area contributed by atoms with Crippen molar-refractivity contribution in [1.29, 1.82) is 5.26 Å². The Hall–Kier alpha value is -2.34. The van der Waals surface area contributed by atoms with Gasteiger partial charge in [0.05, 0.1) is 35.5 Å². The number of nitriles is 1. The van der Waals surface area contributed by atoms with Crippen LogP contribution in [0.5, 0.6) is 0 Å². The molecule has 0 unspecified atom stereocenters. The van der Waals surface area contributed by atoms with Crippen molar-refractivity contribution in [2.45, 2.75) is 56.8 Å². The first-order valence-corrected chi connectivity index (χ1v) is 8.40. The molecule has 26 heavy (non-hydrogen) atoms. The van der Waals surface area contributed by atoms with Crippen molar-refractivity contribution in [3.8, 4) is 17.4 Å². The third-order valence-electron chi connectivity index (χ3n) is 5.52. The van der Waals surface area contributed by atoms with Gasteiger partial charge in [-0.3, -0.25) is 4.68 Å². The van der Waals surface area contributed by atoms with Gasteiger partial charge in [-0.2, -0.15) is 23.5 Å². The van der Waals surface area contributed by atoms with Crippen LogP contribution in [0.1, 0.15) is 55.6 Å². The molecule has 0 saturated heterocycles. The van der Waals surface area contributed by atoms with Gasteiger partial charge in [-0.15, -0.1) is 0 Å². The molecule has 0 spiro atoms. The van der Waals surface area contributed by atoms with Gasteiger partial charge in [0.2, 0.25) is 5.60 Å². The third-order valence-corrected chi connectivity index (χ3v) is 5.52. The SMILES string of the molecule is C[C@H]1Cc2c(cnn2C2CC(C#N)C2)-c2onc([C@@](C)(O)C(F)(F)F)c21. The van der Waals surface area contributed by atoms with E-state index in [-0.39, 0.29) is 29.2 Å². The van der Waals surface area contributed by atoms with Gasteiger partial charge in [0, 0.05) is 5.56 Å². The Morgan fingerprint density at radius 2 is 2.08 bits per heavy atom. The van der Waals surface area contributed by atoms with Gasteiger partial charge in [0.15, 0.2) is 5.76 Å². The largest absolute Gasteiger partial charge is 0.422 e. The second-order valence-corrected chi connectivity index (χ2v) is 7.35. The second-order valence-electron chi connectivity index (χ2n) is 7.35. The summed E-state index contributed by atoms with van der Waals surface area (Å²) in [6.07, 6.45) is -1.39. The molecule has 6 nitrogen and oxygen atoms in total. The van der Waals surface area contributed by atoms with Gasteiger partial charge < -0.3 is 9.63 Å². The first kappa shape index (κ1) is 17.1. The fourth-order valence-corrected chi connectivity index (χ4v) is 3.81. The Balaban J connectivity index is 1.76. The monoisotopic (exact) mass is 366 g/mol. The lowest BCUT2D eigenvalue weighted by Crippen LogP contribution is -2.40. The van der Waals surface area contributed by atoms with Crippen molar-refractivity contribution in [3.05, 3.63) is 23.1 Å². The minimum absolute atomic E-state index is 0.0233. The Kier molecular flexibility index (Phi) is 3.50. The zero-order chi connectivity index (χ0) is 18.9. The average Bonchev–Trinajstić information content (AvgIpc) is 3.10. The maximum absolute atomic E-state index is 13.2. The first-order valence-electron chi connectivity index (χ1n) is 8.40. The Morgan fingerprint density at radius 3 is 2.69 bits per heavy atom. The first-order chi connectivity index (χ1) is 12.1. The van der Waals surface area contributed by atoms with Gasteiger partial charge in [-0.1, -0.05) is 12.1 Å². The summed E-state index contributed by atoms with van der Waals surface area (Å²) in [7, 11) is 0. The summed E-state index contributed by atoms with van der Waals surface area (Å²) in [5.41, 5.74) is -1.81. The number of aromatic nitrogens is 3. The Labute approximate surface area is 147 Å². The van der Waals surface area contributed by atoms with E-state index in [0.717, 1.165) is 18.5 Å². The van der Waals surface area contributed by atoms with E-state index in [2.05, 4.69) is 16.3 Å². The summed E-state index contributed by atoms with van der Waals surface area (Å²) in [6, 6.07) is 2.35. The van der Waals surface area contributed by atoms with E-state index in [9.17, 15) is 18.3 Å². The molecule has 0 amide bonds. The number of aliphatic hydroxyl groups is 1. The van der Waals surface area contributed by atoms with Crippen molar-refractivity contribution in [2.75, 3.05) is 0 Å². The lowest BCUT2D eigenvalue weighted by Gasteiger charge is -2.33. The van der Waals surface area contributed by atoms with Crippen molar-refractivity contribution >= 4 is 0 Å². The maximum atomic E-state index is 13.2. The molecule has 2 aliphatic rings. The third kappa shape index (κ3) is 2.21. The van der Waals surface area contributed by atoms with Gasteiger partial charge in [-0.25, -0.2) is 0 Å². The standard InChI is InChI=1S/C17H17F3N4O2/c1-8-3-12-11(7-22-24(12)10-4-9(5-10)6-21)14-13(8)15(23-26-14)16(2,25)17(18,19)20/h7-10,25H,3-5H2,1-2H3/t8-,9?,10?,16+/m0/s1. The average molecular weight is 366 g/mol. The van der Waals surface area contributed by atoms with Gasteiger partial charge in [0.25, 0.3) is 0 Å². The fourth-order valence-electron chi connectivity index (χ4n) is 3.81. The number of halogens is 3. The molecule has 0 radical (unpaired) electrons. The molecule has 2 atom stereocenters. The van der Waals surface area contributed by atoms with Crippen LogP contribution in [-0.4, -0.2) is 26.2 Å². The predicted molar refractivity (Wildman–Crippen MR) is 82.8 cm³/mol. The van der Waals surface area contributed by atoms with E-state index in [1.165, 1.54) is 0 Å². The van der Waals surface area contributed by atoms with Crippen molar-refractivity contribution < 1.29 is 22.8 Å². The summed E-state index contributed by atoms with van der Waals surface area (Å²) in [6.45, 7) is 2.47. The molecule has 2 aromatic rings. The number of hydrogen-bond acceptors (Lipinski definition) is 5.